The monoisotopic (exact) mass is 478 g/mol. The van der Waals surface area contributed by atoms with Crippen LogP contribution in [0, 0.1) is 25.5 Å². The van der Waals surface area contributed by atoms with E-state index in [4.69, 9.17) is 0 Å². The van der Waals surface area contributed by atoms with E-state index in [0.29, 0.717) is 46.5 Å². The highest BCUT2D eigenvalue weighted by molar-refractivity contribution is 6.01. The number of pyridine rings is 1. The number of hydrogen-bond donors (Lipinski definition) is 1. The summed E-state index contributed by atoms with van der Waals surface area (Å²) in [6.45, 7) is 10.7. The van der Waals surface area contributed by atoms with Crippen LogP contribution in [0.15, 0.2) is 30.5 Å². The normalized spacial score (nSPS) is 15.9. The van der Waals surface area contributed by atoms with Crippen LogP contribution in [0.25, 0.3) is 32.9 Å². The number of fused-ring (bicyclic) bond motifs is 2. The predicted octanol–water partition coefficient (Wildman–Crippen LogP) is 6.29. The first-order valence-corrected chi connectivity index (χ1v) is 12.3. The number of hydrogen-bond acceptors (Lipinski definition) is 5. The van der Waals surface area contributed by atoms with E-state index < -0.39 is 11.9 Å². The number of β-amino-alcohol motifs (C(OH)–C–C–N with tert-alkyl or cyclic N) is 1. The highest BCUT2D eigenvalue weighted by Crippen LogP contribution is 2.37. The van der Waals surface area contributed by atoms with Crippen molar-refractivity contribution in [1.82, 2.24) is 15.0 Å². The SMILES string of the molecule is CC.CCc1c(F)ccc2cc(C)cc(-c3ncc4c(N5CCC[C@H](O)C5)nc(C)nc4c3F)c12. The van der Waals surface area contributed by atoms with Crippen LogP contribution in [0.1, 0.15) is 50.6 Å². The Balaban J connectivity index is 0.00000141. The van der Waals surface area contributed by atoms with Crippen LogP contribution < -0.4 is 4.90 Å². The van der Waals surface area contributed by atoms with Crippen LogP contribution in [-0.2, 0) is 6.42 Å². The van der Waals surface area contributed by atoms with Crippen LogP contribution in [0.4, 0.5) is 14.6 Å². The number of anilines is 1. The molecule has 1 aliphatic heterocycles. The molecular formula is C28H32F2N4O. The first kappa shape index (κ1) is 24.9. The lowest BCUT2D eigenvalue weighted by Crippen LogP contribution is -2.39. The quantitative estimate of drug-likeness (QED) is 0.375. The van der Waals surface area contributed by atoms with E-state index in [1.54, 1.807) is 19.2 Å². The Morgan fingerprint density at radius 3 is 2.60 bits per heavy atom. The van der Waals surface area contributed by atoms with Gasteiger partial charge in [-0.3, -0.25) is 4.98 Å². The zero-order chi connectivity index (χ0) is 25.3. The largest absolute Gasteiger partial charge is 0.391 e. The second-order valence-corrected chi connectivity index (χ2v) is 8.81. The predicted molar refractivity (Wildman–Crippen MR) is 138 cm³/mol. The molecule has 3 heterocycles. The summed E-state index contributed by atoms with van der Waals surface area (Å²) in [6.07, 6.45) is 3.22. The molecule has 5 nitrogen and oxygen atoms in total. The van der Waals surface area contributed by atoms with Crippen LogP contribution in [0.5, 0.6) is 0 Å². The number of aromatic nitrogens is 3. The van der Waals surface area contributed by atoms with E-state index in [2.05, 4.69) is 15.0 Å². The molecule has 1 saturated heterocycles. The molecule has 7 heteroatoms. The van der Waals surface area contributed by atoms with Gasteiger partial charge >= 0.3 is 0 Å². The van der Waals surface area contributed by atoms with Crippen molar-refractivity contribution in [2.45, 2.75) is 60.0 Å². The molecular weight excluding hydrogens is 446 g/mol. The number of aryl methyl sites for hydroxylation is 3. The highest BCUT2D eigenvalue weighted by Gasteiger charge is 2.24. The third-order valence-corrected chi connectivity index (χ3v) is 6.39. The lowest BCUT2D eigenvalue weighted by Gasteiger charge is -2.31. The molecule has 1 N–H and O–H groups in total. The van der Waals surface area contributed by atoms with Gasteiger partial charge in [0.15, 0.2) is 5.82 Å². The van der Waals surface area contributed by atoms with E-state index >= 15 is 4.39 Å². The molecule has 2 aromatic carbocycles. The van der Waals surface area contributed by atoms with Crippen molar-refractivity contribution in [2.24, 2.45) is 0 Å². The van der Waals surface area contributed by atoms with E-state index in [9.17, 15) is 9.50 Å². The summed E-state index contributed by atoms with van der Waals surface area (Å²) in [5.74, 6) is 0.182. The second-order valence-electron chi connectivity index (χ2n) is 8.81. The standard InChI is InChI=1S/C26H26F2N4O.C2H6/c1-4-18-21(27)8-7-16-10-14(2)11-19(22(16)18)24-23(28)25-20(12-29-24)26(31-15(3)30-25)32-9-5-6-17(33)13-32;1-2/h7-8,10-12,17,33H,4-6,9,13H2,1-3H3;1-2H3/t17-;/m0./s1. The molecule has 0 bridgehead atoms. The van der Waals surface area contributed by atoms with Gasteiger partial charge in [0.25, 0.3) is 0 Å². The number of aliphatic hydroxyl groups is 1. The van der Waals surface area contributed by atoms with Gasteiger partial charge in [0.2, 0.25) is 0 Å². The Morgan fingerprint density at radius 1 is 1.11 bits per heavy atom. The first-order valence-electron chi connectivity index (χ1n) is 12.3. The van der Waals surface area contributed by atoms with E-state index in [1.807, 2.05) is 44.7 Å². The topological polar surface area (TPSA) is 62.1 Å². The number of benzene rings is 2. The summed E-state index contributed by atoms with van der Waals surface area (Å²) in [7, 11) is 0. The Kier molecular flexibility index (Phi) is 7.26. The van der Waals surface area contributed by atoms with Gasteiger partial charge < -0.3 is 10.0 Å². The fourth-order valence-electron chi connectivity index (χ4n) is 4.92. The minimum Gasteiger partial charge on any atom is -0.391 e. The summed E-state index contributed by atoms with van der Waals surface area (Å²) in [4.78, 5) is 15.4. The first-order chi connectivity index (χ1) is 16.9. The molecule has 1 aliphatic rings. The molecule has 2 aromatic heterocycles. The van der Waals surface area contributed by atoms with Crippen molar-refractivity contribution in [2.75, 3.05) is 18.0 Å². The molecule has 4 aromatic rings. The zero-order valence-corrected chi connectivity index (χ0v) is 21.0. The molecule has 1 atom stereocenters. The van der Waals surface area contributed by atoms with E-state index in [0.717, 1.165) is 30.3 Å². The van der Waals surface area contributed by atoms with E-state index in [1.165, 1.54) is 6.07 Å². The Morgan fingerprint density at radius 2 is 1.89 bits per heavy atom. The average Bonchev–Trinajstić information content (AvgIpc) is 2.85. The molecule has 0 spiro atoms. The van der Waals surface area contributed by atoms with Crippen LogP contribution in [0.3, 0.4) is 0 Å². The van der Waals surface area contributed by atoms with Crippen molar-refractivity contribution in [3.05, 3.63) is 59.0 Å². The van der Waals surface area contributed by atoms with Crippen molar-refractivity contribution < 1.29 is 13.9 Å². The van der Waals surface area contributed by atoms with Crippen molar-refractivity contribution in [1.29, 1.82) is 0 Å². The summed E-state index contributed by atoms with van der Waals surface area (Å²) < 4.78 is 30.7. The third-order valence-electron chi connectivity index (χ3n) is 6.39. The molecule has 0 aliphatic carbocycles. The summed E-state index contributed by atoms with van der Waals surface area (Å²) in [6, 6.07) is 7.02. The summed E-state index contributed by atoms with van der Waals surface area (Å²) in [5.41, 5.74) is 2.39. The maximum Gasteiger partial charge on any atom is 0.175 e. The van der Waals surface area contributed by atoms with Gasteiger partial charge in [-0.1, -0.05) is 32.9 Å². The number of halogens is 2. The minimum atomic E-state index is -0.546. The summed E-state index contributed by atoms with van der Waals surface area (Å²) >= 11 is 0. The lowest BCUT2D eigenvalue weighted by atomic mass is 9.93. The lowest BCUT2D eigenvalue weighted by molar-refractivity contribution is 0.154. The average molecular weight is 479 g/mol. The second kappa shape index (κ2) is 10.2. The van der Waals surface area contributed by atoms with Gasteiger partial charge in [-0.15, -0.1) is 0 Å². The van der Waals surface area contributed by atoms with Gasteiger partial charge in [-0.2, -0.15) is 0 Å². The smallest absolute Gasteiger partial charge is 0.175 e. The van der Waals surface area contributed by atoms with Gasteiger partial charge in [-0.05, 0) is 67.1 Å². The van der Waals surface area contributed by atoms with Gasteiger partial charge in [0.05, 0.1) is 11.5 Å². The molecule has 184 valence electrons. The number of rotatable bonds is 3. The van der Waals surface area contributed by atoms with Gasteiger partial charge in [0, 0.05) is 24.8 Å². The number of piperidine rings is 1. The maximum atomic E-state index is 16.0. The third kappa shape index (κ3) is 4.57. The molecule has 1 fully saturated rings. The number of aliphatic hydroxyl groups excluding tert-OH is 1. The maximum absolute atomic E-state index is 16.0. The molecule has 0 amide bonds. The van der Waals surface area contributed by atoms with Crippen molar-refractivity contribution in [3.63, 3.8) is 0 Å². The molecule has 0 radical (unpaired) electrons. The summed E-state index contributed by atoms with van der Waals surface area (Å²) in [5, 5.41) is 12.2. The van der Waals surface area contributed by atoms with E-state index in [-0.39, 0.29) is 17.0 Å². The Labute approximate surface area is 204 Å². The Hall–Kier alpha value is -3.19. The fourth-order valence-corrected chi connectivity index (χ4v) is 4.92. The van der Waals surface area contributed by atoms with Gasteiger partial charge in [0.1, 0.15) is 28.7 Å². The molecule has 0 unspecified atom stereocenters. The Bertz CT molecular complexity index is 1390. The molecule has 5 rings (SSSR count). The fraction of sp³-hybridized carbons (Fsp3) is 0.393. The van der Waals surface area contributed by atoms with Crippen molar-refractivity contribution in [3.8, 4) is 11.3 Å². The molecule has 35 heavy (non-hydrogen) atoms. The van der Waals surface area contributed by atoms with Crippen LogP contribution in [0.2, 0.25) is 0 Å². The van der Waals surface area contributed by atoms with Crippen LogP contribution in [-0.4, -0.2) is 39.3 Å². The minimum absolute atomic E-state index is 0.152. The zero-order valence-electron chi connectivity index (χ0n) is 21.0. The highest BCUT2D eigenvalue weighted by atomic mass is 19.1. The van der Waals surface area contributed by atoms with Crippen molar-refractivity contribution >= 4 is 27.5 Å². The van der Waals surface area contributed by atoms with Gasteiger partial charge in [-0.25, -0.2) is 18.7 Å². The number of nitrogens with zero attached hydrogens (tertiary/aromatic N) is 4. The van der Waals surface area contributed by atoms with Crippen LogP contribution >= 0.6 is 0 Å². The molecule has 0 saturated carbocycles.